The van der Waals surface area contributed by atoms with Gasteiger partial charge in [-0.15, -0.1) is 0 Å². The molecule has 0 saturated heterocycles. The number of rotatable bonds is 8. The number of hydrogen-bond donors (Lipinski definition) is 2. The Kier molecular flexibility index (Phi) is 6.36. The van der Waals surface area contributed by atoms with Crippen molar-refractivity contribution in [1.29, 1.82) is 0 Å². The van der Waals surface area contributed by atoms with E-state index in [1.54, 1.807) is 6.08 Å². The fraction of sp³-hybridized carbons (Fsp3) is 0.316. The molecule has 3 aromatic rings. The van der Waals surface area contributed by atoms with Gasteiger partial charge in [0.25, 0.3) is 0 Å². The summed E-state index contributed by atoms with van der Waals surface area (Å²) in [5, 5.41) is 4.92. The Balaban J connectivity index is 1.93. The molecule has 0 amide bonds. The van der Waals surface area contributed by atoms with Gasteiger partial charge in [-0.1, -0.05) is 49.9 Å². The van der Waals surface area contributed by atoms with E-state index in [4.69, 9.17) is 22.3 Å². The number of nitrogens with one attached hydrogen (secondary N) is 1. The van der Waals surface area contributed by atoms with Crippen molar-refractivity contribution in [3.05, 3.63) is 41.7 Å². The van der Waals surface area contributed by atoms with E-state index >= 15 is 0 Å². The lowest BCUT2D eigenvalue weighted by Gasteiger charge is -2.11. The van der Waals surface area contributed by atoms with Crippen LogP contribution in [0, 0.1) is 0 Å². The van der Waals surface area contributed by atoms with Crippen molar-refractivity contribution in [3.63, 3.8) is 0 Å². The molecular formula is C19H23ClN6S. The average Bonchev–Trinajstić information content (AvgIpc) is 2.96. The van der Waals surface area contributed by atoms with Crippen LogP contribution in [0.3, 0.4) is 0 Å². The van der Waals surface area contributed by atoms with Crippen molar-refractivity contribution >= 4 is 46.4 Å². The highest BCUT2D eigenvalue weighted by atomic mass is 35.5. The maximum Gasteiger partial charge on any atom is 0.175 e. The van der Waals surface area contributed by atoms with Gasteiger partial charge in [-0.05, 0) is 36.7 Å². The first-order chi connectivity index (χ1) is 13.0. The number of aryl methyl sites for hydroxylation is 1. The molecule has 0 atom stereocenters. The van der Waals surface area contributed by atoms with E-state index < -0.39 is 0 Å². The molecule has 2 heterocycles. The van der Waals surface area contributed by atoms with Gasteiger partial charge >= 0.3 is 0 Å². The lowest BCUT2D eigenvalue weighted by Crippen LogP contribution is -2.24. The summed E-state index contributed by atoms with van der Waals surface area (Å²) in [5.41, 5.74) is 8.36. The zero-order valence-electron chi connectivity index (χ0n) is 15.4. The molecule has 142 valence electrons. The van der Waals surface area contributed by atoms with Crippen molar-refractivity contribution in [2.75, 3.05) is 12.3 Å². The van der Waals surface area contributed by atoms with Gasteiger partial charge in [0, 0.05) is 22.5 Å². The molecule has 27 heavy (non-hydrogen) atoms. The zero-order valence-corrected chi connectivity index (χ0v) is 17.0. The molecular weight excluding hydrogens is 380 g/mol. The zero-order chi connectivity index (χ0) is 19.4. The Morgan fingerprint density at radius 2 is 2.15 bits per heavy atom. The first-order valence-electron chi connectivity index (χ1n) is 8.79. The molecule has 0 radical (unpaired) electrons. The molecule has 0 aliphatic carbocycles. The molecule has 0 unspecified atom stereocenters. The highest BCUT2D eigenvalue weighted by molar-refractivity contribution is 7.99. The van der Waals surface area contributed by atoms with Crippen LogP contribution in [0.25, 0.3) is 17.2 Å². The average molecular weight is 403 g/mol. The number of nitrogen functional groups attached to an aromatic ring is 1. The normalized spacial score (nSPS) is 11.4. The molecule has 8 heteroatoms. The third-order valence-electron chi connectivity index (χ3n) is 3.97. The molecule has 0 bridgehead atoms. The standard InChI is InChI=1S/C19H23ClN6S/c1-4-13-8-14(20)10-15(9-13)27-19-25-16-17(21)23-11-24-18(16)26(19)7-5-6-22-12(2)3/h4,8-12,22H,1,5-7H2,2-3H3,(H2,21,23,24). The van der Waals surface area contributed by atoms with Crippen LogP contribution in [0.2, 0.25) is 5.02 Å². The van der Waals surface area contributed by atoms with Crippen molar-refractivity contribution in [3.8, 4) is 0 Å². The van der Waals surface area contributed by atoms with Gasteiger partial charge in [-0.2, -0.15) is 0 Å². The molecule has 0 aliphatic rings. The molecule has 3 N–H and O–H groups in total. The maximum atomic E-state index is 6.23. The van der Waals surface area contributed by atoms with Gasteiger partial charge < -0.3 is 15.6 Å². The molecule has 0 fully saturated rings. The Morgan fingerprint density at radius 3 is 2.89 bits per heavy atom. The number of anilines is 1. The molecule has 6 nitrogen and oxygen atoms in total. The Labute approximate surface area is 168 Å². The van der Waals surface area contributed by atoms with Crippen molar-refractivity contribution in [2.24, 2.45) is 0 Å². The van der Waals surface area contributed by atoms with Crippen LogP contribution in [-0.4, -0.2) is 32.1 Å². The van der Waals surface area contributed by atoms with E-state index in [2.05, 4.69) is 40.3 Å². The number of halogens is 1. The number of aromatic nitrogens is 4. The second-order valence-electron chi connectivity index (χ2n) is 6.47. The predicted octanol–water partition coefficient (Wildman–Crippen LogP) is 4.24. The minimum atomic E-state index is 0.388. The summed E-state index contributed by atoms with van der Waals surface area (Å²) in [6.45, 7) is 9.79. The number of hydrogen-bond acceptors (Lipinski definition) is 6. The number of nitrogens with zero attached hydrogens (tertiary/aromatic N) is 4. The van der Waals surface area contributed by atoms with Gasteiger partial charge in [0.1, 0.15) is 6.33 Å². The van der Waals surface area contributed by atoms with Gasteiger partial charge in [0.15, 0.2) is 22.1 Å². The topological polar surface area (TPSA) is 81.7 Å². The van der Waals surface area contributed by atoms with Gasteiger partial charge in [0.2, 0.25) is 0 Å². The van der Waals surface area contributed by atoms with Crippen LogP contribution in [0.5, 0.6) is 0 Å². The van der Waals surface area contributed by atoms with Crippen LogP contribution in [0.1, 0.15) is 25.8 Å². The fourth-order valence-corrected chi connectivity index (χ4v) is 4.03. The van der Waals surface area contributed by atoms with E-state index in [9.17, 15) is 0 Å². The number of imidazole rings is 1. The first kappa shape index (κ1) is 19.7. The summed E-state index contributed by atoms with van der Waals surface area (Å²) in [6.07, 6.45) is 4.21. The summed E-state index contributed by atoms with van der Waals surface area (Å²) in [7, 11) is 0. The number of benzene rings is 1. The van der Waals surface area contributed by atoms with E-state index in [1.165, 1.54) is 18.1 Å². The fourth-order valence-electron chi connectivity index (χ4n) is 2.71. The Hall–Kier alpha value is -2.09. The lowest BCUT2D eigenvalue weighted by molar-refractivity contribution is 0.525. The Morgan fingerprint density at radius 1 is 1.33 bits per heavy atom. The van der Waals surface area contributed by atoms with E-state index in [-0.39, 0.29) is 0 Å². The highest BCUT2D eigenvalue weighted by Gasteiger charge is 2.16. The van der Waals surface area contributed by atoms with Crippen LogP contribution >= 0.6 is 23.4 Å². The minimum absolute atomic E-state index is 0.388. The minimum Gasteiger partial charge on any atom is -0.382 e. The Bertz CT molecular complexity index is 953. The third-order valence-corrected chi connectivity index (χ3v) is 5.16. The monoisotopic (exact) mass is 402 g/mol. The second-order valence-corrected chi connectivity index (χ2v) is 7.94. The van der Waals surface area contributed by atoms with Crippen LogP contribution in [0.15, 0.2) is 41.2 Å². The summed E-state index contributed by atoms with van der Waals surface area (Å²) >= 11 is 7.76. The van der Waals surface area contributed by atoms with Crippen molar-refractivity contribution < 1.29 is 0 Å². The highest BCUT2D eigenvalue weighted by Crippen LogP contribution is 2.33. The molecule has 3 rings (SSSR count). The number of nitrogens with two attached hydrogens (primary N) is 1. The van der Waals surface area contributed by atoms with Crippen LogP contribution in [0.4, 0.5) is 5.82 Å². The smallest absolute Gasteiger partial charge is 0.175 e. The van der Waals surface area contributed by atoms with Crippen molar-refractivity contribution in [1.82, 2.24) is 24.8 Å². The SMILES string of the molecule is C=Cc1cc(Cl)cc(Sc2nc3c(N)ncnc3n2CCCNC(C)C)c1. The lowest BCUT2D eigenvalue weighted by atomic mass is 10.2. The molecule has 0 saturated carbocycles. The van der Waals surface area contributed by atoms with Crippen LogP contribution in [-0.2, 0) is 6.54 Å². The summed E-state index contributed by atoms with van der Waals surface area (Å²) in [5.74, 6) is 0.388. The largest absolute Gasteiger partial charge is 0.382 e. The molecule has 0 spiro atoms. The molecule has 0 aliphatic heterocycles. The van der Waals surface area contributed by atoms with E-state index in [0.717, 1.165) is 40.8 Å². The predicted molar refractivity (Wildman–Crippen MR) is 113 cm³/mol. The van der Waals surface area contributed by atoms with E-state index in [0.29, 0.717) is 22.4 Å². The van der Waals surface area contributed by atoms with Gasteiger partial charge in [-0.3, -0.25) is 0 Å². The van der Waals surface area contributed by atoms with E-state index in [1.807, 2.05) is 18.2 Å². The van der Waals surface area contributed by atoms with Gasteiger partial charge in [-0.25, -0.2) is 15.0 Å². The first-order valence-corrected chi connectivity index (χ1v) is 9.98. The van der Waals surface area contributed by atoms with Crippen molar-refractivity contribution in [2.45, 2.75) is 42.9 Å². The third kappa shape index (κ3) is 4.80. The van der Waals surface area contributed by atoms with Crippen LogP contribution < -0.4 is 11.1 Å². The summed E-state index contributed by atoms with van der Waals surface area (Å²) in [6, 6.07) is 6.28. The summed E-state index contributed by atoms with van der Waals surface area (Å²) in [4.78, 5) is 14.1. The molecule has 2 aromatic heterocycles. The van der Waals surface area contributed by atoms with Gasteiger partial charge in [0.05, 0.1) is 0 Å². The quantitative estimate of drug-likeness (QED) is 0.548. The molecule has 1 aromatic carbocycles. The number of fused-ring (bicyclic) bond motifs is 1. The maximum absolute atomic E-state index is 6.23. The summed E-state index contributed by atoms with van der Waals surface area (Å²) < 4.78 is 2.09. The second kappa shape index (κ2) is 8.73.